The van der Waals surface area contributed by atoms with Gasteiger partial charge in [0.05, 0.1) is 24.6 Å². The number of piperidine rings is 1. The summed E-state index contributed by atoms with van der Waals surface area (Å²) in [6.07, 6.45) is 2.55. The van der Waals surface area contributed by atoms with E-state index < -0.39 is 4.92 Å². The van der Waals surface area contributed by atoms with Gasteiger partial charge in [-0.25, -0.2) is 9.97 Å². The Morgan fingerprint density at radius 1 is 1.00 bits per heavy atom. The standard InChI is InChI=1S/C23H30N6O5/c1-3-34-23(30)17-8-10-27(11-9-17)21-20(29(31)32)22(25-16-24-21)28-14-12-26(13-15-28)18-4-6-19(33-2)7-5-18/h4-7,16-17H,3,8-15H2,1-2H3. The van der Waals surface area contributed by atoms with Crippen LogP contribution in [0.25, 0.3) is 0 Å². The van der Waals surface area contributed by atoms with E-state index in [1.54, 1.807) is 14.0 Å². The first-order chi connectivity index (χ1) is 16.5. The maximum atomic E-state index is 12.1. The van der Waals surface area contributed by atoms with Gasteiger partial charge >= 0.3 is 11.7 Å². The third kappa shape index (κ3) is 4.97. The van der Waals surface area contributed by atoms with Crippen LogP contribution in [-0.4, -0.2) is 73.8 Å². The number of carbonyl (C=O) groups excluding carboxylic acids is 1. The van der Waals surface area contributed by atoms with E-state index in [2.05, 4.69) is 14.9 Å². The summed E-state index contributed by atoms with van der Waals surface area (Å²) in [5.41, 5.74) is 1.01. The second-order valence-corrected chi connectivity index (χ2v) is 8.31. The number of aromatic nitrogens is 2. The Balaban J connectivity index is 1.46. The van der Waals surface area contributed by atoms with Gasteiger partial charge in [-0.05, 0) is 44.0 Å². The molecule has 182 valence electrons. The van der Waals surface area contributed by atoms with Gasteiger partial charge in [-0.15, -0.1) is 0 Å². The molecule has 0 saturated carbocycles. The molecule has 11 nitrogen and oxygen atoms in total. The molecule has 2 aliphatic rings. The Bertz CT molecular complexity index is 1000. The molecule has 0 amide bonds. The van der Waals surface area contributed by atoms with Crippen LogP contribution in [0.2, 0.25) is 0 Å². The van der Waals surface area contributed by atoms with E-state index in [1.165, 1.54) is 6.33 Å². The van der Waals surface area contributed by atoms with Crippen molar-refractivity contribution >= 4 is 29.0 Å². The monoisotopic (exact) mass is 470 g/mol. The molecule has 0 atom stereocenters. The second-order valence-electron chi connectivity index (χ2n) is 8.31. The van der Waals surface area contributed by atoms with Gasteiger partial charge in [-0.1, -0.05) is 0 Å². The average Bonchev–Trinajstić information content (AvgIpc) is 2.88. The van der Waals surface area contributed by atoms with Gasteiger partial charge in [-0.3, -0.25) is 14.9 Å². The van der Waals surface area contributed by atoms with Crippen molar-refractivity contribution in [3.05, 3.63) is 40.7 Å². The highest BCUT2D eigenvalue weighted by Crippen LogP contribution is 2.36. The lowest BCUT2D eigenvalue weighted by atomic mass is 9.97. The smallest absolute Gasteiger partial charge is 0.353 e. The number of esters is 1. The Morgan fingerprint density at radius 3 is 2.09 bits per heavy atom. The van der Waals surface area contributed by atoms with E-state index >= 15 is 0 Å². The van der Waals surface area contributed by atoms with Crippen LogP contribution in [0.4, 0.5) is 23.0 Å². The molecule has 11 heteroatoms. The van der Waals surface area contributed by atoms with Gasteiger partial charge in [-0.2, -0.15) is 0 Å². The molecule has 3 heterocycles. The van der Waals surface area contributed by atoms with Crippen molar-refractivity contribution in [1.29, 1.82) is 0 Å². The Labute approximate surface area is 198 Å². The minimum Gasteiger partial charge on any atom is -0.497 e. The number of methoxy groups -OCH3 is 1. The first kappa shape index (κ1) is 23.5. The normalized spacial score (nSPS) is 16.9. The van der Waals surface area contributed by atoms with E-state index in [0.29, 0.717) is 70.4 Å². The molecule has 0 unspecified atom stereocenters. The maximum absolute atomic E-state index is 12.1. The third-order valence-electron chi connectivity index (χ3n) is 6.40. The van der Waals surface area contributed by atoms with Crippen LogP contribution in [0.1, 0.15) is 19.8 Å². The summed E-state index contributed by atoms with van der Waals surface area (Å²) in [4.78, 5) is 38.4. The van der Waals surface area contributed by atoms with Crippen LogP contribution in [-0.2, 0) is 9.53 Å². The zero-order chi connectivity index (χ0) is 24.1. The molecule has 2 saturated heterocycles. The second kappa shape index (κ2) is 10.5. The molecule has 34 heavy (non-hydrogen) atoms. The quantitative estimate of drug-likeness (QED) is 0.340. The van der Waals surface area contributed by atoms with Crippen molar-refractivity contribution in [1.82, 2.24) is 9.97 Å². The van der Waals surface area contributed by atoms with Gasteiger partial charge in [0.2, 0.25) is 11.6 Å². The van der Waals surface area contributed by atoms with Crippen molar-refractivity contribution < 1.29 is 19.2 Å². The highest BCUT2D eigenvalue weighted by molar-refractivity contribution is 5.74. The predicted octanol–water partition coefficient (Wildman–Crippen LogP) is 2.50. The summed E-state index contributed by atoms with van der Waals surface area (Å²) in [6, 6.07) is 7.88. The molecule has 2 aliphatic heterocycles. The lowest BCUT2D eigenvalue weighted by Gasteiger charge is -2.37. The van der Waals surface area contributed by atoms with E-state index in [-0.39, 0.29) is 17.6 Å². The topological polar surface area (TPSA) is 114 Å². The number of hydrogen-bond donors (Lipinski definition) is 0. The number of piperazine rings is 1. The van der Waals surface area contributed by atoms with Crippen LogP contribution >= 0.6 is 0 Å². The minimum absolute atomic E-state index is 0.0741. The van der Waals surface area contributed by atoms with E-state index in [9.17, 15) is 14.9 Å². The molecule has 0 N–H and O–H groups in total. The van der Waals surface area contributed by atoms with Crippen LogP contribution in [0.5, 0.6) is 5.75 Å². The Kier molecular flexibility index (Phi) is 7.29. The fourth-order valence-corrected chi connectivity index (χ4v) is 4.54. The van der Waals surface area contributed by atoms with Gasteiger partial charge in [0.1, 0.15) is 12.1 Å². The maximum Gasteiger partial charge on any atom is 0.353 e. The van der Waals surface area contributed by atoms with Crippen molar-refractivity contribution in [3.63, 3.8) is 0 Å². The number of rotatable bonds is 7. The van der Waals surface area contributed by atoms with Crippen LogP contribution in [0.15, 0.2) is 30.6 Å². The van der Waals surface area contributed by atoms with Crippen molar-refractivity contribution in [2.75, 3.05) is 67.7 Å². The number of nitrogens with zero attached hydrogens (tertiary/aromatic N) is 6. The highest BCUT2D eigenvalue weighted by atomic mass is 16.6. The van der Waals surface area contributed by atoms with Crippen LogP contribution in [0.3, 0.4) is 0 Å². The van der Waals surface area contributed by atoms with E-state index in [1.807, 2.05) is 34.1 Å². The fraction of sp³-hybridized carbons (Fsp3) is 0.522. The summed E-state index contributed by atoms with van der Waals surface area (Å²) < 4.78 is 10.4. The molecule has 0 radical (unpaired) electrons. The number of ether oxygens (including phenoxy) is 2. The predicted molar refractivity (Wildman–Crippen MR) is 128 cm³/mol. The largest absolute Gasteiger partial charge is 0.497 e. The lowest BCUT2D eigenvalue weighted by Crippen LogP contribution is -2.47. The van der Waals surface area contributed by atoms with Crippen molar-refractivity contribution in [2.24, 2.45) is 5.92 Å². The molecule has 0 bridgehead atoms. The fourth-order valence-electron chi connectivity index (χ4n) is 4.54. The average molecular weight is 471 g/mol. The van der Waals surface area contributed by atoms with Crippen LogP contribution < -0.4 is 19.4 Å². The first-order valence-electron chi connectivity index (χ1n) is 11.6. The molecule has 2 aromatic rings. The number of nitro groups is 1. The molecule has 1 aromatic heterocycles. The summed E-state index contributed by atoms with van der Waals surface area (Å²) in [7, 11) is 1.64. The molecule has 4 rings (SSSR count). The van der Waals surface area contributed by atoms with Gasteiger partial charge in [0.15, 0.2) is 0 Å². The summed E-state index contributed by atoms with van der Waals surface area (Å²) in [5.74, 6) is 1.09. The Morgan fingerprint density at radius 2 is 1.56 bits per heavy atom. The van der Waals surface area contributed by atoms with Crippen molar-refractivity contribution in [2.45, 2.75) is 19.8 Å². The zero-order valence-corrected chi connectivity index (χ0v) is 19.6. The Hall–Kier alpha value is -3.63. The van der Waals surface area contributed by atoms with Crippen molar-refractivity contribution in [3.8, 4) is 5.75 Å². The lowest BCUT2D eigenvalue weighted by molar-refractivity contribution is -0.383. The number of hydrogen-bond acceptors (Lipinski definition) is 10. The summed E-state index contributed by atoms with van der Waals surface area (Å²) in [5, 5.41) is 12.1. The summed E-state index contributed by atoms with van der Waals surface area (Å²) in [6.45, 7) is 5.79. The van der Waals surface area contributed by atoms with E-state index in [0.717, 1.165) is 11.4 Å². The SMILES string of the molecule is CCOC(=O)C1CCN(c2ncnc(N3CCN(c4ccc(OC)cc4)CC3)c2[N+](=O)[O-])CC1. The zero-order valence-electron chi connectivity index (χ0n) is 19.6. The van der Waals surface area contributed by atoms with Crippen LogP contribution in [0, 0.1) is 16.0 Å². The summed E-state index contributed by atoms with van der Waals surface area (Å²) >= 11 is 0. The molecule has 0 aliphatic carbocycles. The molecular formula is C23H30N6O5. The number of carbonyl (C=O) groups is 1. The first-order valence-corrected chi connectivity index (χ1v) is 11.6. The molecular weight excluding hydrogens is 440 g/mol. The highest BCUT2D eigenvalue weighted by Gasteiger charge is 2.34. The van der Waals surface area contributed by atoms with Gasteiger partial charge < -0.3 is 24.2 Å². The molecule has 0 spiro atoms. The van der Waals surface area contributed by atoms with E-state index in [4.69, 9.17) is 9.47 Å². The third-order valence-corrected chi connectivity index (χ3v) is 6.40. The van der Waals surface area contributed by atoms with Gasteiger partial charge in [0.25, 0.3) is 0 Å². The molecule has 2 fully saturated rings. The van der Waals surface area contributed by atoms with Gasteiger partial charge in [0, 0.05) is 45.0 Å². The number of anilines is 3. The molecule has 1 aromatic carbocycles. The minimum atomic E-state index is -0.391. The number of benzene rings is 1.